The number of nitrogens with one attached hydrogen (secondary N) is 1. The Morgan fingerprint density at radius 1 is 1.10 bits per heavy atom. The Morgan fingerprint density at radius 2 is 1.86 bits per heavy atom. The van der Waals surface area contributed by atoms with Crippen LogP contribution in [-0.4, -0.2) is 42.9 Å². The molecule has 1 aliphatic carbocycles. The van der Waals surface area contributed by atoms with Gasteiger partial charge < -0.3 is 16.0 Å². The van der Waals surface area contributed by atoms with Crippen LogP contribution in [0, 0.1) is 11.8 Å². The van der Waals surface area contributed by atoms with Gasteiger partial charge in [-0.05, 0) is 31.6 Å². The average molecular weight is 295 g/mol. The normalized spacial score (nSPS) is 23.9. The Kier molecular flexibility index (Phi) is 6.49. The number of hydrogen-bond donors (Lipinski definition) is 2. The number of likely N-dealkylation sites (tertiary alicyclic amines) is 1. The second-order valence-corrected chi connectivity index (χ2v) is 6.47. The monoisotopic (exact) mass is 295 g/mol. The molecule has 0 bridgehead atoms. The molecule has 1 unspecified atom stereocenters. The maximum atomic E-state index is 12.4. The zero-order valence-corrected chi connectivity index (χ0v) is 13.0. The van der Waals surface area contributed by atoms with Gasteiger partial charge in [0.15, 0.2) is 0 Å². The zero-order chi connectivity index (χ0) is 15.1. The van der Waals surface area contributed by atoms with Crippen molar-refractivity contribution in [2.24, 2.45) is 17.6 Å². The van der Waals surface area contributed by atoms with Gasteiger partial charge in [-0.3, -0.25) is 9.59 Å². The summed E-state index contributed by atoms with van der Waals surface area (Å²) in [5.74, 6) is 0.812. The Morgan fingerprint density at radius 3 is 2.57 bits per heavy atom. The minimum atomic E-state index is -0.0550. The minimum absolute atomic E-state index is 0.0515. The number of rotatable bonds is 5. The van der Waals surface area contributed by atoms with Crippen LogP contribution in [0.5, 0.6) is 0 Å². The van der Waals surface area contributed by atoms with Crippen LogP contribution in [0.4, 0.5) is 0 Å². The molecule has 120 valence electrons. The summed E-state index contributed by atoms with van der Waals surface area (Å²) < 4.78 is 0. The van der Waals surface area contributed by atoms with Crippen LogP contribution >= 0.6 is 0 Å². The molecule has 0 spiro atoms. The number of hydrogen-bond acceptors (Lipinski definition) is 3. The van der Waals surface area contributed by atoms with Gasteiger partial charge >= 0.3 is 0 Å². The Labute approximate surface area is 127 Å². The van der Waals surface area contributed by atoms with E-state index in [1.165, 1.54) is 32.1 Å². The van der Waals surface area contributed by atoms with Crippen molar-refractivity contribution in [3.05, 3.63) is 0 Å². The summed E-state index contributed by atoms with van der Waals surface area (Å²) in [7, 11) is 0. The maximum Gasteiger partial charge on any atom is 0.224 e. The lowest BCUT2D eigenvalue weighted by Crippen LogP contribution is -2.46. The number of amides is 2. The van der Waals surface area contributed by atoms with E-state index < -0.39 is 0 Å². The predicted octanol–water partition coefficient (Wildman–Crippen LogP) is 1.27. The smallest absolute Gasteiger partial charge is 0.224 e. The van der Waals surface area contributed by atoms with Crippen molar-refractivity contribution in [1.82, 2.24) is 10.2 Å². The van der Waals surface area contributed by atoms with Crippen molar-refractivity contribution in [2.75, 3.05) is 26.2 Å². The Balaban J connectivity index is 1.79. The molecule has 1 atom stereocenters. The van der Waals surface area contributed by atoms with Crippen LogP contribution in [-0.2, 0) is 9.59 Å². The zero-order valence-electron chi connectivity index (χ0n) is 13.0. The molecule has 2 rings (SSSR count). The van der Waals surface area contributed by atoms with Gasteiger partial charge in [0.2, 0.25) is 11.8 Å². The lowest BCUT2D eigenvalue weighted by atomic mass is 9.86. The summed E-state index contributed by atoms with van der Waals surface area (Å²) in [6, 6.07) is 0. The molecule has 0 aromatic rings. The molecule has 2 fully saturated rings. The first-order valence-corrected chi connectivity index (χ1v) is 8.46. The van der Waals surface area contributed by atoms with Gasteiger partial charge in [0, 0.05) is 32.6 Å². The Bertz CT molecular complexity index is 353. The molecule has 5 nitrogen and oxygen atoms in total. The molecular formula is C16H29N3O2. The predicted molar refractivity (Wildman–Crippen MR) is 82.6 cm³/mol. The van der Waals surface area contributed by atoms with E-state index in [2.05, 4.69) is 5.32 Å². The molecule has 3 N–H and O–H groups in total. The van der Waals surface area contributed by atoms with E-state index in [1.54, 1.807) is 0 Å². The molecular weight excluding hydrogens is 266 g/mol. The van der Waals surface area contributed by atoms with Crippen molar-refractivity contribution < 1.29 is 9.59 Å². The van der Waals surface area contributed by atoms with E-state index in [9.17, 15) is 9.59 Å². The molecule has 21 heavy (non-hydrogen) atoms. The molecule has 2 amide bonds. The highest BCUT2D eigenvalue weighted by Crippen LogP contribution is 2.27. The molecule has 2 aliphatic rings. The minimum Gasteiger partial charge on any atom is -0.355 e. The molecule has 1 saturated carbocycles. The standard InChI is InChI=1S/C16H29N3O2/c17-8-9-18-16(21)14-7-4-10-19(12-14)15(20)11-13-5-2-1-3-6-13/h13-14H,1-12,17H2,(H,18,21). The van der Waals surface area contributed by atoms with Gasteiger partial charge in [-0.2, -0.15) is 0 Å². The fourth-order valence-corrected chi connectivity index (χ4v) is 3.52. The highest BCUT2D eigenvalue weighted by molar-refractivity contribution is 5.81. The number of carbonyl (C=O) groups is 2. The Hall–Kier alpha value is -1.10. The fourth-order valence-electron chi connectivity index (χ4n) is 3.52. The quantitative estimate of drug-likeness (QED) is 0.802. The van der Waals surface area contributed by atoms with Gasteiger partial charge in [0.25, 0.3) is 0 Å². The third-order valence-corrected chi connectivity index (χ3v) is 4.78. The lowest BCUT2D eigenvalue weighted by Gasteiger charge is -2.33. The van der Waals surface area contributed by atoms with Gasteiger partial charge in [-0.1, -0.05) is 19.3 Å². The number of nitrogens with two attached hydrogens (primary N) is 1. The van der Waals surface area contributed by atoms with Gasteiger partial charge in [0.1, 0.15) is 0 Å². The largest absolute Gasteiger partial charge is 0.355 e. The van der Waals surface area contributed by atoms with E-state index in [-0.39, 0.29) is 17.7 Å². The first-order chi connectivity index (χ1) is 10.2. The molecule has 0 aromatic heterocycles. The summed E-state index contributed by atoms with van der Waals surface area (Å²) >= 11 is 0. The van der Waals surface area contributed by atoms with Gasteiger partial charge in [-0.15, -0.1) is 0 Å². The van der Waals surface area contributed by atoms with Crippen molar-refractivity contribution in [2.45, 2.75) is 51.4 Å². The molecule has 1 saturated heterocycles. The average Bonchev–Trinajstić information content (AvgIpc) is 2.53. The van der Waals surface area contributed by atoms with Crippen molar-refractivity contribution in [1.29, 1.82) is 0 Å². The second-order valence-electron chi connectivity index (χ2n) is 6.47. The van der Waals surface area contributed by atoms with Crippen LogP contribution in [0.1, 0.15) is 51.4 Å². The van der Waals surface area contributed by atoms with E-state index in [0.29, 0.717) is 32.0 Å². The molecule has 0 radical (unpaired) electrons. The van der Waals surface area contributed by atoms with Crippen LogP contribution in [0.25, 0.3) is 0 Å². The highest BCUT2D eigenvalue weighted by atomic mass is 16.2. The topological polar surface area (TPSA) is 75.4 Å². The first kappa shape index (κ1) is 16.3. The van der Waals surface area contributed by atoms with Crippen LogP contribution in [0.3, 0.4) is 0 Å². The SMILES string of the molecule is NCCNC(=O)C1CCCN(C(=O)CC2CCCCC2)C1. The summed E-state index contributed by atoms with van der Waals surface area (Å²) in [6.45, 7) is 2.38. The summed E-state index contributed by atoms with van der Waals surface area (Å²) in [4.78, 5) is 26.3. The van der Waals surface area contributed by atoms with E-state index in [0.717, 1.165) is 19.4 Å². The molecule has 1 aliphatic heterocycles. The van der Waals surface area contributed by atoms with Crippen LogP contribution < -0.4 is 11.1 Å². The van der Waals surface area contributed by atoms with Gasteiger partial charge in [0.05, 0.1) is 5.92 Å². The first-order valence-electron chi connectivity index (χ1n) is 8.46. The summed E-state index contributed by atoms with van der Waals surface area (Å²) in [6.07, 6.45) is 8.72. The third-order valence-electron chi connectivity index (χ3n) is 4.78. The summed E-state index contributed by atoms with van der Waals surface area (Å²) in [5.41, 5.74) is 5.41. The summed E-state index contributed by atoms with van der Waals surface area (Å²) in [5, 5.41) is 2.84. The lowest BCUT2D eigenvalue weighted by molar-refractivity contribution is -0.136. The molecule has 0 aromatic carbocycles. The fraction of sp³-hybridized carbons (Fsp3) is 0.875. The van der Waals surface area contributed by atoms with E-state index >= 15 is 0 Å². The third kappa shape index (κ3) is 4.99. The van der Waals surface area contributed by atoms with Crippen molar-refractivity contribution in [3.8, 4) is 0 Å². The molecule has 1 heterocycles. The second kappa shape index (κ2) is 8.37. The number of nitrogens with zero attached hydrogens (tertiary/aromatic N) is 1. The van der Waals surface area contributed by atoms with E-state index in [1.807, 2.05) is 4.90 Å². The number of piperidine rings is 1. The highest BCUT2D eigenvalue weighted by Gasteiger charge is 2.29. The van der Waals surface area contributed by atoms with Crippen LogP contribution in [0.2, 0.25) is 0 Å². The number of carbonyl (C=O) groups excluding carboxylic acids is 2. The van der Waals surface area contributed by atoms with Crippen molar-refractivity contribution in [3.63, 3.8) is 0 Å². The maximum absolute atomic E-state index is 12.4. The van der Waals surface area contributed by atoms with Gasteiger partial charge in [-0.25, -0.2) is 0 Å². The van der Waals surface area contributed by atoms with Crippen LogP contribution in [0.15, 0.2) is 0 Å². The van der Waals surface area contributed by atoms with E-state index in [4.69, 9.17) is 5.73 Å². The molecule has 5 heteroatoms. The van der Waals surface area contributed by atoms with Crippen molar-refractivity contribution >= 4 is 11.8 Å².